The van der Waals surface area contributed by atoms with Crippen LogP contribution in [0.25, 0.3) is 0 Å². The maximum atomic E-state index is 13.2. The van der Waals surface area contributed by atoms with Gasteiger partial charge in [-0.3, -0.25) is 15.1 Å². The molecule has 0 aliphatic carbocycles. The van der Waals surface area contributed by atoms with Crippen LogP contribution in [0.4, 0.5) is 8.78 Å². The van der Waals surface area contributed by atoms with Crippen molar-refractivity contribution in [2.75, 3.05) is 6.54 Å². The molecular weight excluding hydrogens is 240 g/mol. The highest BCUT2D eigenvalue weighted by Gasteiger charge is 2.42. The quantitative estimate of drug-likeness (QED) is 0.834. The van der Waals surface area contributed by atoms with Gasteiger partial charge >= 0.3 is 0 Å². The molecule has 1 amide bonds. The fourth-order valence-corrected chi connectivity index (χ4v) is 1.84. The predicted molar refractivity (Wildman–Crippen MR) is 63.0 cm³/mol. The minimum atomic E-state index is -1.21. The van der Waals surface area contributed by atoms with E-state index in [1.54, 1.807) is 6.92 Å². The standard InChI is InChI=1S/C12H13F2N3O/c1-3-15-11-16-10(18)12(2,17-11)7-4-8(13)6-9(14)5-7/h4-6H,3H2,1-2H3,(H2,15,16,17,18). The molecule has 0 spiro atoms. The van der Waals surface area contributed by atoms with E-state index in [0.717, 1.165) is 18.2 Å². The van der Waals surface area contributed by atoms with Crippen molar-refractivity contribution in [2.45, 2.75) is 19.4 Å². The molecule has 1 saturated heterocycles. The third kappa shape index (κ3) is 2.05. The zero-order valence-electron chi connectivity index (χ0n) is 10.1. The summed E-state index contributed by atoms with van der Waals surface area (Å²) in [5.41, 5.74) is -0.990. The molecule has 0 aromatic heterocycles. The number of carbonyl (C=O) groups is 1. The molecule has 1 aliphatic heterocycles. The largest absolute Gasteiger partial charge is 0.338 e. The van der Waals surface area contributed by atoms with Crippen molar-refractivity contribution in [2.24, 2.45) is 4.99 Å². The number of amides is 1. The molecule has 0 bridgehead atoms. The van der Waals surface area contributed by atoms with Crippen molar-refractivity contribution >= 4 is 11.9 Å². The fraction of sp³-hybridized carbons (Fsp3) is 0.333. The molecular formula is C12H13F2N3O. The van der Waals surface area contributed by atoms with Gasteiger partial charge in [0.25, 0.3) is 5.91 Å². The summed E-state index contributed by atoms with van der Waals surface area (Å²) in [6, 6.07) is 3.02. The number of aliphatic imine (C=N–C) groups is 1. The molecule has 1 unspecified atom stereocenters. The highest BCUT2D eigenvalue weighted by Crippen LogP contribution is 2.25. The minimum Gasteiger partial charge on any atom is -0.338 e. The Kier molecular flexibility index (Phi) is 3.02. The highest BCUT2D eigenvalue weighted by atomic mass is 19.1. The third-order valence-corrected chi connectivity index (χ3v) is 2.81. The number of carbonyl (C=O) groups excluding carboxylic acids is 1. The first kappa shape index (κ1) is 12.5. The van der Waals surface area contributed by atoms with E-state index in [9.17, 15) is 13.6 Å². The zero-order valence-corrected chi connectivity index (χ0v) is 10.1. The predicted octanol–water partition coefficient (Wildman–Crippen LogP) is 1.28. The van der Waals surface area contributed by atoms with Crippen LogP contribution >= 0.6 is 0 Å². The van der Waals surface area contributed by atoms with Crippen LogP contribution in [0, 0.1) is 11.6 Å². The van der Waals surface area contributed by atoms with Crippen molar-refractivity contribution in [1.29, 1.82) is 0 Å². The van der Waals surface area contributed by atoms with Gasteiger partial charge in [0.1, 0.15) is 17.2 Å². The van der Waals surface area contributed by atoms with E-state index >= 15 is 0 Å². The Morgan fingerprint density at radius 2 is 1.89 bits per heavy atom. The molecule has 0 saturated carbocycles. The number of nitrogens with zero attached hydrogens (tertiary/aromatic N) is 1. The van der Waals surface area contributed by atoms with Gasteiger partial charge in [-0.1, -0.05) is 0 Å². The molecule has 18 heavy (non-hydrogen) atoms. The molecule has 4 nitrogen and oxygen atoms in total. The lowest BCUT2D eigenvalue weighted by Crippen LogP contribution is -2.40. The number of rotatable bonds is 2. The zero-order chi connectivity index (χ0) is 13.3. The number of nitrogens with one attached hydrogen (secondary N) is 2. The van der Waals surface area contributed by atoms with E-state index in [1.165, 1.54) is 0 Å². The first-order chi connectivity index (χ1) is 8.45. The summed E-state index contributed by atoms with van der Waals surface area (Å²) in [5.74, 6) is -1.52. The summed E-state index contributed by atoms with van der Waals surface area (Å²) in [5, 5.41) is 5.38. The molecule has 1 fully saturated rings. The van der Waals surface area contributed by atoms with E-state index in [2.05, 4.69) is 15.6 Å². The average Bonchev–Trinajstić information content (AvgIpc) is 2.55. The maximum Gasteiger partial charge on any atom is 0.256 e. The Hall–Kier alpha value is -1.98. The molecule has 1 aromatic rings. The van der Waals surface area contributed by atoms with Crippen molar-refractivity contribution < 1.29 is 13.6 Å². The molecule has 0 radical (unpaired) electrons. The summed E-state index contributed by atoms with van der Waals surface area (Å²) in [7, 11) is 0. The normalized spacial score (nSPS) is 25.1. The smallest absolute Gasteiger partial charge is 0.256 e. The van der Waals surface area contributed by atoms with E-state index in [4.69, 9.17) is 0 Å². The van der Waals surface area contributed by atoms with Crippen LogP contribution in [0.15, 0.2) is 23.2 Å². The summed E-state index contributed by atoms with van der Waals surface area (Å²) < 4.78 is 26.4. The molecule has 1 aliphatic rings. The Morgan fingerprint density at radius 3 is 2.44 bits per heavy atom. The van der Waals surface area contributed by atoms with Gasteiger partial charge in [-0.2, -0.15) is 0 Å². The Morgan fingerprint density at radius 1 is 1.28 bits per heavy atom. The molecule has 2 rings (SSSR count). The van der Waals surface area contributed by atoms with Gasteiger partial charge in [0.15, 0.2) is 5.96 Å². The van der Waals surface area contributed by atoms with Crippen molar-refractivity contribution in [3.05, 3.63) is 35.4 Å². The van der Waals surface area contributed by atoms with Crippen LogP contribution in [0.5, 0.6) is 0 Å². The molecule has 1 aromatic carbocycles. The molecule has 96 valence electrons. The van der Waals surface area contributed by atoms with Gasteiger partial charge in [-0.05, 0) is 31.5 Å². The Bertz CT molecular complexity index is 510. The van der Waals surface area contributed by atoms with Crippen LogP contribution in [0.1, 0.15) is 19.4 Å². The van der Waals surface area contributed by atoms with Crippen LogP contribution in [-0.2, 0) is 10.3 Å². The van der Waals surface area contributed by atoms with E-state index in [0.29, 0.717) is 12.5 Å². The molecule has 6 heteroatoms. The lowest BCUT2D eigenvalue weighted by atomic mass is 9.92. The van der Waals surface area contributed by atoms with Gasteiger partial charge in [0.2, 0.25) is 0 Å². The van der Waals surface area contributed by atoms with Crippen LogP contribution in [0.2, 0.25) is 0 Å². The van der Waals surface area contributed by atoms with E-state index in [-0.39, 0.29) is 11.5 Å². The first-order valence-corrected chi connectivity index (χ1v) is 5.56. The number of halogens is 2. The van der Waals surface area contributed by atoms with Crippen molar-refractivity contribution in [1.82, 2.24) is 10.6 Å². The molecule has 2 N–H and O–H groups in total. The number of hydrogen-bond acceptors (Lipinski definition) is 2. The third-order valence-electron chi connectivity index (χ3n) is 2.81. The van der Waals surface area contributed by atoms with Crippen molar-refractivity contribution in [3.8, 4) is 0 Å². The van der Waals surface area contributed by atoms with Gasteiger partial charge in [-0.15, -0.1) is 0 Å². The second-order valence-electron chi connectivity index (χ2n) is 4.19. The van der Waals surface area contributed by atoms with Crippen LogP contribution < -0.4 is 10.6 Å². The van der Waals surface area contributed by atoms with Crippen LogP contribution in [-0.4, -0.2) is 18.4 Å². The van der Waals surface area contributed by atoms with Gasteiger partial charge in [0, 0.05) is 12.6 Å². The monoisotopic (exact) mass is 253 g/mol. The minimum absolute atomic E-state index is 0.221. The highest BCUT2D eigenvalue weighted by molar-refractivity contribution is 6.09. The fourth-order valence-electron chi connectivity index (χ4n) is 1.84. The maximum absolute atomic E-state index is 13.2. The molecule has 1 heterocycles. The summed E-state index contributed by atoms with van der Waals surface area (Å²) in [6.45, 7) is 3.86. The second kappa shape index (κ2) is 4.36. The first-order valence-electron chi connectivity index (χ1n) is 5.56. The van der Waals surface area contributed by atoms with Gasteiger partial charge < -0.3 is 5.32 Å². The lowest BCUT2D eigenvalue weighted by Gasteiger charge is -2.21. The van der Waals surface area contributed by atoms with E-state index in [1.807, 2.05) is 6.92 Å². The topological polar surface area (TPSA) is 53.5 Å². The number of guanidine groups is 1. The van der Waals surface area contributed by atoms with Gasteiger partial charge in [-0.25, -0.2) is 8.78 Å². The lowest BCUT2D eigenvalue weighted by molar-refractivity contribution is -0.123. The SMILES string of the molecule is CCN=C1NC(=O)C(C)(c2cc(F)cc(F)c2)N1. The number of benzene rings is 1. The Labute approximate surface area is 103 Å². The number of hydrogen-bond donors (Lipinski definition) is 2. The second-order valence-corrected chi connectivity index (χ2v) is 4.19. The Balaban J connectivity index is 2.42. The van der Waals surface area contributed by atoms with Crippen LogP contribution in [0.3, 0.4) is 0 Å². The average molecular weight is 253 g/mol. The summed E-state index contributed by atoms with van der Waals surface area (Å²) in [6.07, 6.45) is 0. The summed E-state index contributed by atoms with van der Waals surface area (Å²) in [4.78, 5) is 15.9. The van der Waals surface area contributed by atoms with E-state index < -0.39 is 17.2 Å². The van der Waals surface area contributed by atoms with Gasteiger partial charge in [0.05, 0.1) is 0 Å². The van der Waals surface area contributed by atoms with Crippen molar-refractivity contribution in [3.63, 3.8) is 0 Å². The molecule has 1 atom stereocenters. The summed E-state index contributed by atoms with van der Waals surface area (Å²) >= 11 is 0.